The summed E-state index contributed by atoms with van der Waals surface area (Å²) in [5.74, 6) is 0. The maximum atomic E-state index is 12.0. The number of hydrogen-bond acceptors (Lipinski definition) is 2. The van der Waals surface area contributed by atoms with Gasteiger partial charge < -0.3 is 15.5 Å². The Kier molecular flexibility index (Phi) is 4.09. The van der Waals surface area contributed by atoms with E-state index in [1.807, 2.05) is 36.2 Å². The molecule has 1 aromatic carbocycles. The number of halogens is 1. The van der Waals surface area contributed by atoms with Crippen LogP contribution in [0.2, 0.25) is 5.02 Å². The summed E-state index contributed by atoms with van der Waals surface area (Å²) >= 11 is 5.88. The van der Waals surface area contributed by atoms with Gasteiger partial charge in [-0.2, -0.15) is 0 Å². The maximum absolute atomic E-state index is 12.0. The van der Waals surface area contributed by atoms with Crippen molar-refractivity contribution in [3.8, 4) is 0 Å². The Morgan fingerprint density at radius 3 is 2.67 bits per heavy atom. The first-order valence-electron chi connectivity index (χ1n) is 6.10. The van der Waals surface area contributed by atoms with Gasteiger partial charge in [0, 0.05) is 25.2 Å². The quantitative estimate of drug-likeness (QED) is 0.908. The van der Waals surface area contributed by atoms with E-state index in [-0.39, 0.29) is 12.1 Å². The zero-order chi connectivity index (χ0) is 13.1. The van der Waals surface area contributed by atoms with Crippen LogP contribution in [0, 0.1) is 0 Å². The molecule has 1 aliphatic rings. The molecule has 1 aliphatic heterocycles. The van der Waals surface area contributed by atoms with E-state index >= 15 is 0 Å². The minimum atomic E-state index is 0.0726. The number of likely N-dealkylation sites (N-methyl/N-ethyl adjacent to an activating group) is 1. The average molecular weight is 268 g/mol. The van der Waals surface area contributed by atoms with E-state index < -0.39 is 0 Å². The van der Waals surface area contributed by atoms with Crippen molar-refractivity contribution in [3.05, 3.63) is 34.9 Å². The van der Waals surface area contributed by atoms with Crippen LogP contribution in [0.25, 0.3) is 0 Å². The van der Waals surface area contributed by atoms with E-state index in [2.05, 4.69) is 0 Å². The number of carbonyl (C=O) groups excluding carboxylic acids is 1. The van der Waals surface area contributed by atoms with Crippen molar-refractivity contribution in [2.24, 2.45) is 5.73 Å². The Morgan fingerprint density at radius 1 is 1.39 bits per heavy atom. The highest BCUT2D eigenvalue weighted by atomic mass is 35.5. The molecular formula is C13H18ClN3O. The standard InChI is InChI=1S/C13H18ClN3O/c1-16-12(10-3-5-11(14)6-4-10)9-17(13(16)18)8-2-7-15/h3-6,12H,2,7-9,15H2,1H3. The molecule has 1 saturated heterocycles. The lowest BCUT2D eigenvalue weighted by Gasteiger charge is -2.17. The Balaban J connectivity index is 2.10. The summed E-state index contributed by atoms with van der Waals surface area (Å²) < 4.78 is 0. The van der Waals surface area contributed by atoms with Crippen LogP contribution in [-0.4, -0.2) is 42.5 Å². The molecule has 1 aromatic rings. The first kappa shape index (κ1) is 13.2. The third kappa shape index (κ3) is 2.60. The third-order valence-corrected chi connectivity index (χ3v) is 3.57. The molecule has 0 aromatic heterocycles. The minimum absolute atomic E-state index is 0.0726. The number of carbonyl (C=O) groups is 1. The molecule has 0 radical (unpaired) electrons. The Morgan fingerprint density at radius 2 is 2.06 bits per heavy atom. The summed E-state index contributed by atoms with van der Waals surface area (Å²) in [5, 5.41) is 0.714. The van der Waals surface area contributed by atoms with E-state index in [9.17, 15) is 4.79 Å². The van der Waals surface area contributed by atoms with Crippen LogP contribution >= 0.6 is 11.6 Å². The molecule has 0 aliphatic carbocycles. The highest BCUT2D eigenvalue weighted by Gasteiger charge is 2.34. The normalized spacial score (nSPS) is 19.7. The van der Waals surface area contributed by atoms with Gasteiger partial charge in [-0.05, 0) is 30.7 Å². The predicted molar refractivity (Wildman–Crippen MR) is 72.6 cm³/mol. The molecular weight excluding hydrogens is 250 g/mol. The lowest BCUT2D eigenvalue weighted by molar-refractivity contribution is 0.195. The SMILES string of the molecule is CN1C(=O)N(CCCN)CC1c1ccc(Cl)cc1. The van der Waals surface area contributed by atoms with Gasteiger partial charge in [-0.1, -0.05) is 23.7 Å². The summed E-state index contributed by atoms with van der Waals surface area (Å²) in [4.78, 5) is 15.7. The monoisotopic (exact) mass is 267 g/mol. The van der Waals surface area contributed by atoms with Gasteiger partial charge >= 0.3 is 6.03 Å². The number of rotatable bonds is 4. The highest BCUT2D eigenvalue weighted by molar-refractivity contribution is 6.30. The number of nitrogens with two attached hydrogens (primary N) is 1. The van der Waals surface area contributed by atoms with Gasteiger partial charge in [0.05, 0.1) is 6.04 Å². The zero-order valence-electron chi connectivity index (χ0n) is 10.5. The Bertz CT molecular complexity index is 421. The van der Waals surface area contributed by atoms with Crippen LogP contribution in [-0.2, 0) is 0 Å². The minimum Gasteiger partial charge on any atom is -0.330 e. The fourth-order valence-electron chi connectivity index (χ4n) is 2.25. The van der Waals surface area contributed by atoms with E-state index in [0.717, 1.165) is 25.1 Å². The molecule has 2 amide bonds. The molecule has 0 saturated carbocycles. The fraction of sp³-hybridized carbons (Fsp3) is 0.462. The summed E-state index contributed by atoms with van der Waals surface area (Å²) in [6.45, 7) is 2.06. The van der Waals surface area contributed by atoms with Crippen molar-refractivity contribution in [1.29, 1.82) is 0 Å². The number of urea groups is 1. The topological polar surface area (TPSA) is 49.6 Å². The van der Waals surface area contributed by atoms with Gasteiger partial charge in [-0.25, -0.2) is 4.79 Å². The van der Waals surface area contributed by atoms with Crippen molar-refractivity contribution >= 4 is 17.6 Å². The van der Waals surface area contributed by atoms with E-state index in [1.165, 1.54) is 0 Å². The number of benzene rings is 1. The van der Waals surface area contributed by atoms with Crippen LogP contribution in [0.1, 0.15) is 18.0 Å². The Hall–Kier alpha value is -1.26. The van der Waals surface area contributed by atoms with E-state index in [4.69, 9.17) is 17.3 Å². The lowest BCUT2D eigenvalue weighted by atomic mass is 10.1. The predicted octanol–water partition coefficient (Wildman–Crippen LogP) is 2.10. The van der Waals surface area contributed by atoms with Crippen LogP contribution in [0.4, 0.5) is 4.79 Å². The van der Waals surface area contributed by atoms with Gasteiger partial charge in [0.25, 0.3) is 0 Å². The van der Waals surface area contributed by atoms with Crippen LogP contribution in [0.15, 0.2) is 24.3 Å². The van der Waals surface area contributed by atoms with Crippen LogP contribution in [0.3, 0.4) is 0 Å². The van der Waals surface area contributed by atoms with Crippen molar-refractivity contribution in [1.82, 2.24) is 9.80 Å². The number of hydrogen-bond donors (Lipinski definition) is 1. The largest absolute Gasteiger partial charge is 0.330 e. The first-order chi connectivity index (χ1) is 8.63. The van der Waals surface area contributed by atoms with Gasteiger partial charge in [-0.15, -0.1) is 0 Å². The second-order valence-electron chi connectivity index (χ2n) is 4.55. The fourth-order valence-corrected chi connectivity index (χ4v) is 2.37. The molecule has 4 nitrogen and oxygen atoms in total. The molecule has 0 spiro atoms. The molecule has 0 bridgehead atoms. The summed E-state index contributed by atoms with van der Waals surface area (Å²) in [7, 11) is 1.84. The van der Waals surface area contributed by atoms with E-state index in [1.54, 1.807) is 4.90 Å². The van der Waals surface area contributed by atoms with Crippen LogP contribution < -0.4 is 5.73 Å². The molecule has 18 heavy (non-hydrogen) atoms. The second-order valence-corrected chi connectivity index (χ2v) is 4.99. The molecule has 5 heteroatoms. The summed E-state index contributed by atoms with van der Waals surface area (Å²) in [5.41, 5.74) is 6.60. The second kappa shape index (κ2) is 5.59. The molecule has 2 rings (SSSR count). The Labute approximate surface area is 112 Å². The molecule has 1 heterocycles. The molecule has 1 unspecified atom stereocenters. The number of nitrogens with zero attached hydrogens (tertiary/aromatic N) is 2. The zero-order valence-corrected chi connectivity index (χ0v) is 11.2. The van der Waals surface area contributed by atoms with E-state index in [0.29, 0.717) is 11.6 Å². The van der Waals surface area contributed by atoms with Gasteiger partial charge in [0.1, 0.15) is 0 Å². The third-order valence-electron chi connectivity index (χ3n) is 3.32. The highest BCUT2D eigenvalue weighted by Crippen LogP contribution is 2.28. The lowest BCUT2D eigenvalue weighted by Crippen LogP contribution is -2.31. The number of amides is 2. The van der Waals surface area contributed by atoms with Crippen LogP contribution in [0.5, 0.6) is 0 Å². The van der Waals surface area contributed by atoms with Crippen molar-refractivity contribution in [3.63, 3.8) is 0 Å². The molecule has 1 atom stereocenters. The average Bonchev–Trinajstić information content (AvgIpc) is 2.65. The van der Waals surface area contributed by atoms with Crippen molar-refractivity contribution < 1.29 is 4.79 Å². The molecule has 1 fully saturated rings. The van der Waals surface area contributed by atoms with Gasteiger partial charge in [0.2, 0.25) is 0 Å². The molecule has 2 N–H and O–H groups in total. The molecule has 98 valence electrons. The first-order valence-corrected chi connectivity index (χ1v) is 6.48. The maximum Gasteiger partial charge on any atom is 0.320 e. The van der Waals surface area contributed by atoms with Crippen molar-refractivity contribution in [2.75, 3.05) is 26.7 Å². The smallest absolute Gasteiger partial charge is 0.320 e. The summed E-state index contributed by atoms with van der Waals surface area (Å²) in [6.07, 6.45) is 0.840. The van der Waals surface area contributed by atoms with Gasteiger partial charge in [-0.3, -0.25) is 0 Å². The van der Waals surface area contributed by atoms with Gasteiger partial charge in [0.15, 0.2) is 0 Å². The van der Waals surface area contributed by atoms with Crippen molar-refractivity contribution in [2.45, 2.75) is 12.5 Å². The summed E-state index contributed by atoms with van der Waals surface area (Å²) in [6, 6.07) is 7.85.